The topological polar surface area (TPSA) is 84.0 Å². The van der Waals surface area contributed by atoms with Gasteiger partial charge in [-0.2, -0.15) is 0 Å². The van der Waals surface area contributed by atoms with Crippen LogP contribution in [0.4, 0.5) is 0 Å². The van der Waals surface area contributed by atoms with Crippen molar-refractivity contribution in [2.45, 2.75) is 42.7 Å². The van der Waals surface area contributed by atoms with Gasteiger partial charge in [-0.25, -0.2) is 4.79 Å². The van der Waals surface area contributed by atoms with Crippen LogP contribution in [0, 0.1) is 0 Å². The third kappa shape index (κ3) is 2.89. The molecular formula is C23H20N2O5S. The van der Waals surface area contributed by atoms with Crippen molar-refractivity contribution in [3.63, 3.8) is 0 Å². The highest BCUT2D eigenvalue weighted by molar-refractivity contribution is 8.01. The summed E-state index contributed by atoms with van der Waals surface area (Å²) >= 11 is 1.42. The Labute approximate surface area is 183 Å². The fourth-order valence-corrected chi connectivity index (χ4v) is 6.15. The van der Waals surface area contributed by atoms with E-state index in [2.05, 4.69) is 0 Å². The van der Waals surface area contributed by atoms with Crippen LogP contribution in [0.2, 0.25) is 0 Å². The smallest absolute Gasteiger partial charge is 0.330 e. The van der Waals surface area contributed by atoms with Gasteiger partial charge in [-0.3, -0.25) is 19.3 Å². The van der Waals surface area contributed by atoms with Gasteiger partial charge >= 0.3 is 5.97 Å². The van der Waals surface area contributed by atoms with Crippen LogP contribution in [0.1, 0.15) is 40.1 Å². The molecule has 8 heteroatoms. The Morgan fingerprint density at radius 1 is 0.968 bits per heavy atom. The first-order valence-corrected chi connectivity index (χ1v) is 10.9. The molecule has 7 nitrogen and oxygen atoms in total. The lowest BCUT2D eigenvalue weighted by atomic mass is 9.95. The largest absolute Gasteiger partial charge is 0.459 e. The minimum atomic E-state index is -0.913. The quantitative estimate of drug-likeness (QED) is 0.416. The summed E-state index contributed by atoms with van der Waals surface area (Å²) in [5.41, 5.74) is 1.47. The zero-order chi connectivity index (χ0) is 21.9. The Kier molecular flexibility index (Phi) is 4.44. The van der Waals surface area contributed by atoms with Gasteiger partial charge in [-0.15, -0.1) is 11.8 Å². The number of hydrogen-bond acceptors (Lipinski definition) is 6. The van der Waals surface area contributed by atoms with Gasteiger partial charge in [-0.1, -0.05) is 42.5 Å². The Morgan fingerprint density at radius 2 is 1.55 bits per heavy atom. The van der Waals surface area contributed by atoms with Crippen molar-refractivity contribution < 1.29 is 23.9 Å². The fourth-order valence-electron chi connectivity index (χ4n) is 4.48. The molecule has 2 fully saturated rings. The van der Waals surface area contributed by atoms with Crippen LogP contribution in [0.5, 0.6) is 0 Å². The number of rotatable bonds is 4. The summed E-state index contributed by atoms with van der Waals surface area (Å²) in [7, 11) is 0. The van der Waals surface area contributed by atoms with E-state index < -0.39 is 45.9 Å². The summed E-state index contributed by atoms with van der Waals surface area (Å²) in [6.45, 7) is 3.86. The molecule has 2 aromatic rings. The first kappa shape index (κ1) is 19.8. The van der Waals surface area contributed by atoms with Gasteiger partial charge in [0.2, 0.25) is 0 Å². The van der Waals surface area contributed by atoms with Crippen LogP contribution in [0.3, 0.4) is 0 Å². The van der Waals surface area contributed by atoms with Gasteiger partial charge in [-0.05, 0) is 31.5 Å². The van der Waals surface area contributed by atoms with Crippen LogP contribution in [-0.2, 0) is 20.9 Å². The Morgan fingerprint density at radius 3 is 2.16 bits per heavy atom. The van der Waals surface area contributed by atoms with Gasteiger partial charge in [0, 0.05) is 4.75 Å². The summed E-state index contributed by atoms with van der Waals surface area (Å²) < 4.78 is 4.89. The molecule has 0 aliphatic carbocycles. The molecule has 2 saturated heterocycles. The van der Waals surface area contributed by atoms with Crippen LogP contribution < -0.4 is 0 Å². The number of ether oxygens (including phenoxy) is 1. The Hall–Kier alpha value is -3.13. The first-order chi connectivity index (χ1) is 14.8. The maximum Gasteiger partial charge on any atom is 0.330 e. The number of carbonyl (C=O) groups excluding carboxylic acids is 4. The molecule has 0 unspecified atom stereocenters. The molecule has 158 valence electrons. The summed E-state index contributed by atoms with van der Waals surface area (Å²) in [5.74, 6) is -1.82. The maximum absolute atomic E-state index is 13.1. The molecule has 0 spiro atoms. The fraction of sp³-hybridized carbons (Fsp3) is 0.304. The molecule has 3 amide bonds. The van der Waals surface area contributed by atoms with E-state index in [4.69, 9.17) is 4.74 Å². The van der Waals surface area contributed by atoms with Gasteiger partial charge in [0.1, 0.15) is 24.1 Å². The highest BCUT2D eigenvalue weighted by Crippen LogP contribution is 2.53. The summed E-state index contributed by atoms with van der Waals surface area (Å²) in [4.78, 5) is 54.2. The van der Waals surface area contributed by atoms with E-state index in [-0.39, 0.29) is 6.61 Å². The van der Waals surface area contributed by atoms with E-state index in [0.717, 1.165) is 10.5 Å². The lowest BCUT2D eigenvalue weighted by Crippen LogP contribution is -2.71. The minimum Gasteiger partial charge on any atom is -0.459 e. The summed E-state index contributed by atoms with van der Waals surface area (Å²) in [6, 6.07) is 14.2. The lowest BCUT2D eigenvalue weighted by molar-refractivity contribution is -0.166. The van der Waals surface area contributed by atoms with Crippen molar-refractivity contribution in [3.8, 4) is 0 Å². The number of esters is 1. The number of thioether (sulfide) groups is 1. The van der Waals surface area contributed by atoms with Crippen LogP contribution in [0.15, 0.2) is 54.6 Å². The van der Waals surface area contributed by atoms with Crippen molar-refractivity contribution in [3.05, 3.63) is 71.3 Å². The number of imide groups is 1. The predicted molar refractivity (Wildman–Crippen MR) is 113 cm³/mol. The van der Waals surface area contributed by atoms with E-state index in [1.165, 1.54) is 16.7 Å². The predicted octanol–water partition coefficient (Wildman–Crippen LogP) is 2.46. The normalized spacial score (nSPS) is 25.9. The van der Waals surface area contributed by atoms with E-state index in [0.29, 0.717) is 11.1 Å². The van der Waals surface area contributed by atoms with Gasteiger partial charge in [0.05, 0.1) is 11.1 Å². The molecule has 0 bridgehead atoms. The number of hydrogen-bond donors (Lipinski definition) is 0. The number of benzene rings is 2. The molecule has 5 rings (SSSR count). The second-order valence-corrected chi connectivity index (χ2v) is 10.1. The molecule has 2 aromatic carbocycles. The Balaban J connectivity index is 1.36. The van der Waals surface area contributed by atoms with Crippen molar-refractivity contribution in [1.29, 1.82) is 0 Å². The third-order valence-corrected chi connectivity index (χ3v) is 7.52. The van der Waals surface area contributed by atoms with Crippen molar-refractivity contribution in [2.24, 2.45) is 0 Å². The third-order valence-electron chi connectivity index (χ3n) is 5.96. The second kappa shape index (κ2) is 6.95. The highest BCUT2D eigenvalue weighted by Gasteiger charge is 2.67. The number of fused-ring (bicyclic) bond motifs is 2. The Bertz CT molecular complexity index is 1080. The molecule has 3 aliphatic heterocycles. The molecule has 0 radical (unpaired) electrons. The van der Waals surface area contributed by atoms with E-state index >= 15 is 0 Å². The van der Waals surface area contributed by atoms with Gasteiger partial charge < -0.3 is 9.64 Å². The average molecular weight is 436 g/mol. The average Bonchev–Trinajstić information content (AvgIpc) is 3.16. The molecule has 3 atom stereocenters. The zero-order valence-corrected chi connectivity index (χ0v) is 17.8. The molecule has 0 aromatic heterocycles. The molecule has 31 heavy (non-hydrogen) atoms. The monoisotopic (exact) mass is 436 g/mol. The van der Waals surface area contributed by atoms with Gasteiger partial charge in [0.25, 0.3) is 17.7 Å². The van der Waals surface area contributed by atoms with Crippen molar-refractivity contribution in [1.82, 2.24) is 9.80 Å². The molecular weight excluding hydrogens is 416 g/mol. The summed E-state index contributed by atoms with van der Waals surface area (Å²) in [5, 5.41) is -0.473. The van der Waals surface area contributed by atoms with Crippen molar-refractivity contribution in [2.75, 3.05) is 0 Å². The number of β-lactam (4-membered cyclic amide) rings is 1. The minimum absolute atomic E-state index is 0.117. The maximum atomic E-state index is 13.1. The van der Waals surface area contributed by atoms with E-state index in [9.17, 15) is 19.2 Å². The molecule has 0 saturated carbocycles. The SMILES string of the molecule is CC1(C)S[C@@H]2[C@H](N3C(=O)c4ccccc4C3=O)C(=O)N2[C@H]1C(=O)OCc1ccccc1. The van der Waals surface area contributed by atoms with E-state index in [1.807, 2.05) is 44.2 Å². The lowest BCUT2D eigenvalue weighted by Gasteiger charge is -2.46. The summed E-state index contributed by atoms with van der Waals surface area (Å²) in [6.07, 6.45) is 0. The van der Waals surface area contributed by atoms with Crippen LogP contribution >= 0.6 is 11.8 Å². The van der Waals surface area contributed by atoms with Crippen LogP contribution in [-0.4, -0.2) is 55.7 Å². The van der Waals surface area contributed by atoms with Crippen LogP contribution in [0.25, 0.3) is 0 Å². The van der Waals surface area contributed by atoms with E-state index in [1.54, 1.807) is 24.3 Å². The van der Waals surface area contributed by atoms with Gasteiger partial charge in [0.15, 0.2) is 0 Å². The first-order valence-electron chi connectivity index (χ1n) is 9.99. The molecule has 3 heterocycles. The number of nitrogens with zero attached hydrogens (tertiary/aromatic N) is 2. The molecule has 3 aliphatic rings. The number of carbonyl (C=O) groups is 4. The second-order valence-electron chi connectivity index (χ2n) is 8.32. The zero-order valence-electron chi connectivity index (χ0n) is 17.0. The standard InChI is InChI=1S/C23H20N2O5S/c1-23(2)17(22(29)30-12-13-8-4-3-5-9-13)25-20(28)16(21(25)31-23)24-18(26)14-10-6-7-11-15(14)19(24)27/h3-11,16-17,21H,12H2,1-2H3/t16-,17+,21-/m1/s1. The molecule has 0 N–H and O–H groups in total. The number of amides is 3. The van der Waals surface area contributed by atoms with Crippen molar-refractivity contribution >= 4 is 35.5 Å². The highest BCUT2D eigenvalue weighted by atomic mass is 32.2.